The number of carbonyl (C=O) groups excluding carboxylic acids is 3. The van der Waals surface area contributed by atoms with Crippen molar-refractivity contribution in [3.05, 3.63) is 54.1 Å². The second-order valence-corrected chi connectivity index (χ2v) is 14.0. The van der Waals surface area contributed by atoms with Crippen LogP contribution in [0.4, 0.5) is 5.69 Å². The highest BCUT2D eigenvalue weighted by Crippen LogP contribution is 2.67. The Morgan fingerprint density at radius 3 is 2.54 bits per heavy atom. The minimum absolute atomic E-state index is 0.0356. The zero-order valence-electron chi connectivity index (χ0n) is 24.7. The molecular weight excluding hydrogens is 558 g/mol. The number of fused-ring (bicyclic) bond motifs is 1. The van der Waals surface area contributed by atoms with Crippen LogP contribution in [0.25, 0.3) is 0 Å². The molecule has 1 aromatic rings. The normalized spacial score (nSPS) is 27.2. The number of anilines is 1. The lowest BCUT2D eigenvalue weighted by Crippen LogP contribution is -2.58. The Balaban J connectivity index is 1.85. The van der Waals surface area contributed by atoms with Gasteiger partial charge < -0.3 is 19.8 Å². The molecule has 4 rings (SSSR count). The monoisotopic (exact) mass is 601 g/mol. The number of aryl methyl sites for hydroxylation is 1. The van der Waals surface area contributed by atoms with E-state index < -0.39 is 28.7 Å². The second-order valence-electron chi connectivity index (χ2n) is 12.0. The van der Waals surface area contributed by atoms with Gasteiger partial charge >= 0.3 is 0 Å². The van der Waals surface area contributed by atoms with Gasteiger partial charge in [-0.05, 0) is 50.2 Å². The minimum Gasteiger partial charge on any atom is -0.394 e. The van der Waals surface area contributed by atoms with Crippen LogP contribution in [0.1, 0.15) is 52.0 Å². The van der Waals surface area contributed by atoms with Crippen LogP contribution in [0.2, 0.25) is 5.02 Å². The molecule has 0 aromatic heterocycles. The van der Waals surface area contributed by atoms with Gasteiger partial charge in [-0.3, -0.25) is 14.4 Å². The largest absolute Gasteiger partial charge is 0.394 e. The third-order valence-corrected chi connectivity index (χ3v) is 11.1. The van der Waals surface area contributed by atoms with E-state index in [2.05, 4.69) is 13.2 Å². The first-order chi connectivity index (χ1) is 19.6. The van der Waals surface area contributed by atoms with Crippen molar-refractivity contribution in [2.24, 2.45) is 17.8 Å². The van der Waals surface area contributed by atoms with Gasteiger partial charge in [-0.25, -0.2) is 0 Å². The number of thioether (sulfide) groups is 1. The average molecular weight is 602 g/mol. The lowest BCUT2D eigenvalue weighted by Gasteiger charge is -2.40. The Morgan fingerprint density at radius 2 is 1.95 bits per heavy atom. The van der Waals surface area contributed by atoms with E-state index in [0.29, 0.717) is 36.6 Å². The number of likely N-dealkylation sites (tertiary alicyclic amines) is 1. The fourth-order valence-electron chi connectivity index (χ4n) is 7.33. The number of hydrogen-bond acceptors (Lipinski definition) is 5. The van der Waals surface area contributed by atoms with Gasteiger partial charge in [0.1, 0.15) is 6.04 Å². The maximum atomic E-state index is 14.9. The summed E-state index contributed by atoms with van der Waals surface area (Å²) in [5, 5.41) is 11.0. The topological polar surface area (TPSA) is 81.2 Å². The molecule has 1 aromatic carbocycles. The Kier molecular flexibility index (Phi) is 9.97. The summed E-state index contributed by atoms with van der Waals surface area (Å²) in [6.07, 6.45) is 6.16. The molecule has 1 N–H and O–H groups in total. The number of benzene rings is 1. The van der Waals surface area contributed by atoms with Gasteiger partial charge in [0.15, 0.2) is 0 Å². The van der Waals surface area contributed by atoms with E-state index in [1.54, 1.807) is 44.7 Å². The molecule has 3 amide bonds. The molecule has 3 heterocycles. The summed E-state index contributed by atoms with van der Waals surface area (Å²) >= 11 is 8.31. The quantitative estimate of drug-likeness (QED) is 0.319. The van der Waals surface area contributed by atoms with Crippen molar-refractivity contribution >= 4 is 46.8 Å². The highest BCUT2D eigenvalue weighted by Gasteiger charge is 2.74. The van der Waals surface area contributed by atoms with Gasteiger partial charge in [0, 0.05) is 24.9 Å². The van der Waals surface area contributed by atoms with E-state index >= 15 is 0 Å². The van der Waals surface area contributed by atoms with E-state index in [4.69, 9.17) is 11.6 Å². The first-order valence-electron chi connectivity index (χ1n) is 14.8. The van der Waals surface area contributed by atoms with Crippen LogP contribution < -0.4 is 4.90 Å². The number of para-hydroxylation sites is 1. The number of aliphatic hydroxyl groups excluding tert-OH is 1. The second kappa shape index (κ2) is 12.9. The number of carbonyl (C=O) groups is 3. The molecule has 3 saturated heterocycles. The number of halogens is 1. The molecule has 0 saturated carbocycles. The smallest absolute Gasteiger partial charge is 0.251 e. The SMILES string of the molecule is C=CCN(CCC)C(=O)[C@@H]1[C@@H]2CCC3(S2)C(C(=O)N(CC=C)c2c(C)cccc2Cl)N([C@@H](CO)CC(C)C)C(=O)[C@H]13. The van der Waals surface area contributed by atoms with Crippen LogP contribution in [0, 0.1) is 24.7 Å². The molecule has 224 valence electrons. The number of rotatable bonds is 13. The highest BCUT2D eigenvalue weighted by atomic mass is 35.5. The van der Waals surface area contributed by atoms with Gasteiger partial charge in [0.2, 0.25) is 11.8 Å². The summed E-state index contributed by atoms with van der Waals surface area (Å²) in [7, 11) is 0. The van der Waals surface area contributed by atoms with Gasteiger partial charge in [0.05, 0.1) is 39.9 Å². The van der Waals surface area contributed by atoms with Gasteiger partial charge in [0.25, 0.3) is 5.91 Å². The maximum absolute atomic E-state index is 14.9. The van der Waals surface area contributed by atoms with Crippen molar-refractivity contribution in [3.8, 4) is 0 Å². The molecule has 7 nitrogen and oxygen atoms in total. The molecule has 0 aliphatic carbocycles. The standard InChI is InChI=1S/C32H44ClN3O4S/c1-7-15-34(16-8-2)29(38)25-24-13-14-32(41-24)26(25)30(39)36(22(19-37)18-20(4)5)28(32)31(40)35(17-9-3)27-21(6)11-10-12-23(27)33/h7,9-12,20,22,24-26,28,37H,1,3,8,13-19H2,2,4-6H3/t22-,24+,25-,26+,28?,32?/m1/s1. The summed E-state index contributed by atoms with van der Waals surface area (Å²) in [6.45, 7) is 16.7. The van der Waals surface area contributed by atoms with Gasteiger partial charge in [-0.2, -0.15) is 0 Å². The van der Waals surface area contributed by atoms with Crippen LogP contribution in [0.15, 0.2) is 43.5 Å². The van der Waals surface area contributed by atoms with Crippen LogP contribution in [-0.4, -0.2) is 80.9 Å². The molecule has 1 spiro atoms. The summed E-state index contributed by atoms with van der Waals surface area (Å²) in [5.74, 6) is -1.42. The Bertz CT molecular complexity index is 1170. The van der Waals surface area contributed by atoms with Crippen molar-refractivity contribution in [1.82, 2.24) is 9.80 Å². The van der Waals surface area contributed by atoms with E-state index in [1.807, 2.05) is 39.8 Å². The molecule has 3 aliphatic heterocycles. The molecule has 2 unspecified atom stereocenters. The van der Waals surface area contributed by atoms with E-state index in [0.717, 1.165) is 18.4 Å². The lowest BCUT2D eigenvalue weighted by atomic mass is 9.70. The molecule has 9 heteroatoms. The maximum Gasteiger partial charge on any atom is 0.251 e. The molecule has 0 radical (unpaired) electrons. The van der Waals surface area contributed by atoms with E-state index in [1.165, 1.54) is 0 Å². The molecule has 6 atom stereocenters. The van der Waals surface area contributed by atoms with E-state index in [9.17, 15) is 19.5 Å². The number of hydrogen-bond donors (Lipinski definition) is 1. The van der Waals surface area contributed by atoms with Crippen molar-refractivity contribution in [1.29, 1.82) is 0 Å². The number of nitrogens with zero attached hydrogens (tertiary/aromatic N) is 3. The van der Waals surface area contributed by atoms with Crippen molar-refractivity contribution < 1.29 is 19.5 Å². The summed E-state index contributed by atoms with van der Waals surface area (Å²) < 4.78 is -0.760. The minimum atomic E-state index is -0.835. The number of amides is 3. The first-order valence-corrected chi connectivity index (χ1v) is 16.0. The first kappa shape index (κ1) is 31.6. The van der Waals surface area contributed by atoms with E-state index in [-0.39, 0.29) is 42.0 Å². The fraction of sp³-hybridized carbons (Fsp3) is 0.594. The summed E-state index contributed by atoms with van der Waals surface area (Å²) in [6, 6.07) is 4.14. The summed E-state index contributed by atoms with van der Waals surface area (Å²) in [4.78, 5) is 48.6. The third-order valence-electron chi connectivity index (χ3n) is 8.80. The zero-order chi connectivity index (χ0) is 30.1. The molecule has 3 aliphatic rings. The van der Waals surface area contributed by atoms with Crippen molar-refractivity contribution in [2.75, 3.05) is 31.1 Å². The Morgan fingerprint density at radius 1 is 1.24 bits per heavy atom. The van der Waals surface area contributed by atoms with Crippen LogP contribution in [0.5, 0.6) is 0 Å². The van der Waals surface area contributed by atoms with Crippen LogP contribution in [0.3, 0.4) is 0 Å². The van der Waals surface area contributed by atoms with Crippen LogP contribution in [-0.2, 0) is 14.4 Å². The average Bonchev–Trinajstić information content (AvgIpc) is 3.57. The highest BCUT2D eigenvalue weighted by molar-refractivity contribution is 8.02. The number of aliphatic hydroxyl groups is 1. The predicted octanol–water partition coefficient (Wildman–Crippen LogP) is 5.09. The molecule has 41 heavy (non-hydrogen) atoms. The molecular formula is C32H44ClN3O4S. The van der Waals surface area contributed by atoms with Crippen molar-refractivity contribution in [3.63, 3.8) is 0 Å². The van der Waals surface area contributed by atoms with Gasteiger partial charge in [-0.1, -0.05) is 56.7 Å². The predicted molar refractivity (Wildman–Crippen MR) is 167 cm³/mol. The zero-order valence-corrected chi connectivity index (χ0v) is 26.3. The lowest BCUT2D eigenvalue weighted by molar-refractivity contribution is -0.145. The Labute approximate surface area is 254 Å². The fourth-order valence-corrected chi connectivity index (χ4v) is 9.84. The van der Waals surface area contributed by atoms with Crippen LogP contribution >= 0.6 is 23.4 Å². The third kappa shape index (κ3) is 5.48. The van der Waals surface area contributed by atoms with Gasteiger partial charge in [-0.15, -0.1) is 24.9 Å². The Hall–Kier alpha value is -2.29. The van der Waals surface area contributed by atoms with Crippen molar-refractivity contribution in [2.45, 2.75) is 75.5 Å². The molecule has 3 fully saturated rings. The molecule has 2 bridgehead atoms. The summed E-state index contributed by atoms with van der Waals surface area (Å²) in [5.41, 5.74) is 1.44.